The number of nitrogens with one attached hydrogen (secondary N) is 1. The van der Waals surface area contributed by atoms with Crippen molar-refractivity contribution in [3.63, 3.8) is 0 Å². The van der Waals surface area contributed by atoms with E-state index < -0.39 is 0 Å². The van der Waals surface area contributed by atoms with Gasteiger partial charge in [0.25, 0.3) is 0 Å². The number of nitrogens with zero attached hydrogens (tertiary/aromatic N) is 1. The first-order chi connectivity index (χ1) is 6.29. The Morgan fingerprint density at radius 2 is 2.00 bits per heavy atom. The maximum Gasteiger partial charge on any atom is 0.0245 e. The van der Waals surface area contributed by atoms with E-state index in [1.165, 1.54) is 32.2 Å². The molecule has 0 heterocycles. The summed E-state index contributed by atoms with van der Waals surface area (Å²) in [7, 11) is 4.31. The van der Waals surface area contributed by atoms with Crippen LogP contribution in [0.5, 0.6) is 0 Å². The summed E-state index contributed by atoms with van der Waals surface area (Å²) in [6, 6.07) is 0.762. The molecule has 1 rings (SSSR count). The summed E-state index contributed by atoms with van der Waals surface area (Å²) >= 11 is 0. The minimum absolute atomic E-state index is 0.762. The quantitative estimate of drug-likeness (QED) is 0.700. The van der Waals surface area contributed by atoms with Gasteiger partial charge in [-0.05, 0) is 39.4 Å². The highest BCUT2D eigenvalue weighted by atomic mass is 15.1. The molecule has 0 spiro atoms. The van der Waals surface area contributed by atoms with Crippen molar-refractivity contribution >= 4 is 0 Å². The van der Waals surface area contributed by atoms with Crippen LogP contribution in [-0.2, 0) is 0 Å². The summed E-state index contributed by atoms with van der Waals surface area (Å²) in [6.07, 6.45) is 5.78. The Hall–Kier alpha value is -0.0800. The monoisotopic (exact) mass is 184 g/mol. The second-order valence-corrected chi connectivity index (χ2v) is 4.24. The fourth-order valence-corrected chi connectivity index (χ4v) is 2.47. The molecule has 13 heavy (non-hydrogen) atoms. The first-order valence-electron chi connectivity index (χ1n) is 5.64. The fourth-order valence-electron chi connectivity index (χ4n) is 2.47. The number of likely N-dealkylation sites (N-methyl/N-ethyl adjacent to an activating group) is 2. The Morgan fingerprint density at radius 1 is 1.38 bits per heavy atom. The van der Waals surface area contributed by atoms with Crippen LogP contribution < -0.4 is 5.32 Å². The zero-order valence-corrected chi connectivity index (χ0v) is 9.34. The van der Waals surface area contributed by atoms with E-state index in [-0.39, 0.29) is 0 Å². The van der Waals surface area contributed by atoms with Crippen molar-refractivity contribution in [2.75, 3.05) is 27.2 Å². The van der Waals surface area contributed by atoms with Crippen molar-refractivity contribution in [1.29, 1.82) is 0 Å². The fraction of sp³-hybridized carbons (Fsp3) is 1.00. The highest BCUT2D eigenvalue weighted by molar-refractivity contribution is 4.82. The third-order valence-corrected chi connectivity index (χ3v) is 3.42. The van der Waals surface area contributed by atoms with Crippen molar-refractivity contribution < 1.29 is 0 Å². The molecule has 0 radical (unpaired) electrons. The van der Waals surface area contributed by atoms with Crippen molar-refractivity contribution in [3.05, 3.63) is 0 Å². The van der Waals surface area contributed by atoms with Gasteiger partial charge >= 0.3 is 0 Å². The van der Waals surface area contributed by atoms with Gasteiger partial charge in [0.2, 0.25) is 0 Å². The number of hydrogen-bond acceptors (Lipinski definition) is 2. The molecule has 0 saturated heterocycles. The molecular weight excluding hydrogens is 160 g/mol. The lowest BCUT2D eigenvalue weighted by Gasteiger charge is -2.31. The molecule has 0 aliphatic heterocycles. The first kappa shape index (κ1) is 11.0. The van der Waals surface area contributed by atoms with Crippen LogP contribution >= 0.6 is 0 Å². The van der Waals surface area contributed by atoms with Crippen LogP contribution in [0, 0.1) is 5.92 Å². The molecule has 1 unspecified atom stereocenters. The van der Waals surface area contributed by atoms with Gasteiger partial charge in [-0.25, -0.2) is 0 Å². The third kappa shape index (κ3) is 2.96. The van der Waals surface area contributed by atoms with Gasteiger partial charge in [0.15, 0.2) is 0 Å². The van der Waals surface area contributed by atoms with E-state index >= 15 is 0 Å². The Kier molecular flexibility index (Phi) is 4.74. The molecule has 2 heteroatoms. The van der Waals surface area contributed by atoms with Gasteiger partial charge in [0, 0.05) is 12.6 Å². The van der Waals surface area contributed by atoms with Crippen LogP contribution in [0.4, 0.5) is 0 Å². The van der Waals surface area contributed by atoms with Crippen LogP contribution in [-0.4, -0.2) is 38.1 Å². The largest absolute Gasteiger partial charge is 0.318 e. The molecule has 0 aromatic carbocycles. The molecular formula is C11H24N2. The molecule has 1 atom stereocenters. The van der Waals surface area contributed by atoms with Crippen LogP contribution in [0.1, 0.15) is 32.6 Å². The molecule has 0 bridgehead atoms. The minimum Gasteiger partial charge on any atom is -0.318 e. The van der Waals surface area contributed by atoms with Crippen LogP contribution in [0.3, 0.4) is 0 Å². The van der Waals surface area contributed by atoms with Gasteiger partial charge in [-0.1, -0.05) is 19.8 Å². The number of hydrogen-bond donors (Lipinski definition) is 1. The van der Waals surface area contributed by atoms with E-state index in [0.717, 1.165) is 18.5 Å². The first-order valence-corrected chi connectivity index (χ1v) is 5.64. The Balaban J connectivity index is 2.44. The van der Waals surface area contributed by atoms with E-state index in [4.69, 9.17) is 0 Å². The van der Waals surface area contributed by atoms with Crippen LogP contribution in [0.15, 0.2) is 0 Å². The zero-order chi connectivity index (χ0) is 9.68. The molecule has 0 aromatic heterocycles. The lowest BCUT2D eigenvalue weighted by atomic mass is 9.97. The molecule has 1 N–H and O–H groups in total. The van der Waals surface area contributed by atoms with Crippen molar-refractivity contribution in [1.82, 2.24) is 10.2 Å². The van der Waals surface area contributed by atoms with E-state index in [2.05, 4.69) is 31.2 Å². The smallest absolute Gasteiger partial charge is 0.0245 e. The highest BCUT2D eigenvalue weighted by Gasteiger charge is 2.26. The highest BCUT2D eigenvalue weighted by Crippen LogP contribution is 2.29. The molecule has 1 aliphatic carbocycles. The summed E-state index contributed by atoms with van der Waals surface area (Å²) in [6.45, 7) is 4.56. The minimum atomic E-state index is 0.762. The predicted octanol–water partition coefficient (Wildman–Crippen LogP) is 1.72. The van der Waals surface area contributed by atoms with Gasteiger partial charge in [-0.2, -0.15) is 0 Å². The van der Waals surface area contributed by atoms with Crippen molar-refractivity contribution in [2.24, 2.45) is 5.92 Å². The van der Waals surface area contributed by atoms with E-state index in [1.807, 2.05) is 0 Å². The number of rotatable bonds is 5. The topological polar surface area (TPSA) is 15.3 Å². The maximum absolute atomic E-state index is 3.32. The molecule has 1 aliphatic rings. The summed E-state index contributed by atoms with van der Waals surface area (Å²) in [5.41, 5.74) is 0. The molecule has 1 saturated carbocycles. The van der Waals surface area contributed by atoms with E-state index in [1.54, 1.807) is 0 Å². The summed E-state index contributed by atoms with van der Waals surface area (Å²) in [5, 5.41) is 3.32. The third-order valence-electron chi connectivity index (χ3n) is 3.42. The Bertz CT molecular complexity index is 130. The van der Waals surface area contributed by atoms with Gasteiger partial charge in [0.1, 0.15) is 0 Å². The lowest BCUT2D eigenvalue weighted by Crippen LogP contribution is -2.43. The van der Waals surface area contributed by atoms with Crippen LogP contribution in [0.25, 0.3) is 0 Å². The van der Waals surface area contributed by atoms with Gasteiger partial charge < -0.3 is 10.2 Å². The van der Waals surface area contributed by atoms with Gasteiger partial charge in [-0.15, -0.1) is 0 Å². The SMILES string of the molecule is CCN(C)C(CNC)C1CCCC1. The molecule has 78 valence electrons. The molecule has 2 nitrogen and oxygen atoms in total. The van der Waals surface area contributed by atoms with E-state index in [0.29, 0.717) is 0 Å². The average Bonchev–Trinajstić information content (AvgIpc) is 2.65. The van der Waals surface area contributed by atoms with Gasteiger partial charge in [-0.3, -0.25) is 0 Å². The Morgan fingerprint density at radius 3 is 2.46 bits per heavy atom. The maximum atomic E-state index is 3.32. The molecule has 0 aromatic rings. The average molecular weight is 184 g/mol. The zero-order valence-electron chi connectivity index (χ0n) is 9.34. The normalized spacial score (nSPS) is 21.2. The summed E-state index contributed by atoms with van der Waals surface area (Å²) in [5.74, 6) is 0.942. The summed E-state index contributed by atoms with van der Waals surface area (Å²) < 4.78 is 0. The second kappa shape index (κ2) is 5.61. The van der Waals surface area contributed by atoms with Crippen LogP contribution in [0.2, 0.25) is 0 Å². The lowest BCUT2D eigenvalue weighted by molar-refractivity contribution is 0.182. The second-order valence-electron chi connectivity index (χ2n) is 4.24. The van der Waals surface area contributed by atoms with Gasteiger partial charge in [0.05, 0.1) is 0 Å². The molecule has 1 fully saturated rings. The van der Waals surface area contributed by atoms with Crippen molar-refractivity contribution in [2.45, 2.75) is 38.6 Å². The molecule has 0 amide bonds. The van der Waals surface area contributed by atoms with Crippen molar-refractivity contribution in [3.8, 4) is 0 Å². The summed E-state index contributed by atoms with van der Waals surface area (Å²) in [4.78, 5) is 2.49. The predicted molar refractivity (Wildman–Crippen MR) is 58.0 cm³/mol. The Labute approximate surface area is 82.7 Å². The van der Waals surface area contributed by atoms with E-state index in [9.17, 15) is 0 Å². The standard InChI is InChI=1S/C11H24N2/c1-4-13(3)11(9-12-2)10-7-5-6-8-10/h10-12H,4-9H2,1-3H3.